The molecule has 5 rings (SSSR count). The van der Waals surface area contributed by atoms with Gasteiger partial charge in [-0.3, -0.25) is 4.79 Å². The zero-order chi connectivity index (χ0) is 26.2. The Balaban J connectivity index is 1.78. The van der Waals surface area contributed by atoms with Gasteiger partial charge in [0.2, 0.25) is 0 Å². The number of aliphatic hydroxyl groups is 1. The van der Waals surface area contributed by atoms with E-state index in [4.69, 9.17) is 16.4 Å². The van der Waals surface area contributed by atoms with Crippen molar-refractivity contribution >= 4 is 28.7 Å². The van der Waals surface area contributed by atoms with Gasteiger partial charge < -0.3 is 19.1 Å². The maximum atomic E-state index is 12.8. The zero-order valence-electron chi connectivity index (χ0n) is 20.6. The molecule has 7 nitrogen and oxygen atoms in total. The Morgan fingerprint density at radius 1 is 1.03 bits per heavy atom. The van der Waals surface area contributed by atoms with Crippen molar-refractivity contribution in [1.29, 1.82) is 0 Å². The fraction of sp³-hybridized carbons (Fsp3) is 0.138. The standard InChI is InChI=1S/C29H25ClN4O3/c1-33-18-31-17-27(33)29(36,21-9-7-19(8-10-21)16-32-37-3)22-11-12-26-25(14-22)24(15-28(35)34(26)2)20-5-4-6-23(30)13-20/h4-18,36H,1-3H3. The Hall–Kier alpha value is -4.20. The van der Waals surface area contributed by atoms with Gasteiger partial charge >= 0.3 is 0 Å². The first-order valence-corrected chi connectivity index (χ1v) is 12.0. The largest absolute Gasteiger partial charge is 0.399 e. The van der Waals surface area contributed by atoms with Crippen molar-refractivity contribution in [3.8, 4) is 11.1 Å². The molecule has 5 aromatic rings. The summed E-state index contributed by atoms with van der Waals surface area (Å²) in [5, 5.41) is 17.6. The van der Waals surface area contributed by atoms with Crippen LogP contribution in [0, 0.1) is 0 Å². The summed E-state index contributed by atoms with van der Waals surface area (Å²) in [7, 11) is 5.06. The molecule has 37 heavy (non-hydrogen) atoms. The SMILES string of the molecule is CON=Cc1ccc(C(O)(c2ccc3c(c2)c(-c2cccc(Cl)c2)cc(=O)n3C)c2cncn2C)cc1. The lowest BCUT2D eigenvalue weighted by Gasteiger charge is -2.30. The number of hydrogen-bond acceptors (Lipinski definition) is 5. The predicted octanol–water partition coefficient (Wildman–Crippen LogP) is 4.86. The molecule has 0 saturated carbocycles. The highest BCUT2D eigenvalue weighted by molar-refractivity contribution is 6.30. The van der Waals surface area contributed by atoms with E-state index in [1.165, 1.54) is 7.11 Å². The van der Waals surface area contributed by atoms with Gasteiger partial charge in [-0.2, -0.15) is 0 Å². The Morgan fingerprint density at radius 2 is 1.78 bits per heavy atom. The number of rotatable bonds is 6. The number of hydrogen-bond donors (Lipinski definition) is 1. The monoisotopic (exact) mass is 512 g/mol. The summed E-state index contributed by atoms with van der Waals surface area (Å²) in [4.78, 5) is 21.8. The maximum Gasteiger partial charge on any atom is 0.251 e. The molecule has 0 amide bonds. The van der Waals surface area contributed by atoms with Crippen LogP contribution in [0.25, 0.3) is 22.0 Å². The molecule has 2 aromatic heterocycles. The van der Waals surface area contributed by atoms with Crippen LogP contribution in [0.1, 0.15) is 22.4 Å². The highest BCUT2D eigenvalue weighted by Gasteiger charge is 2.37. The van der Waals surface area contributed by atoms with Crippen LogP contribution in [0.5, 0.6) is 0 Å². The average molecular weight is 513 g/mol. The summed E-state index contributed by atoms with van der Waals surface area (Å²) in [6.07, 6.45) is 4.91. The summed E-state index contributed by atoms with van der Waals surface area (Å²) in [5.74, 6) is 0. The Kier molecular flexibility index (Phi) is 6.41. The fourth-order valence-electron chi connectivity index (χ4n) is 4.67. The minimum absolute atomic E-state index is 0.134. The van der Waals surface area contributed by atoms with Crippen LogP contribution in [-0.2, 0) is 24.5 Å². The average Bonchev–Trinajstić information content (AvgIpc) is 3.35. The number of pyridine rings is 1. The van der Waals surface area contributed by atoms with Crippen LogP contribution in [0.2, 0.25) is 5.02 Å². The molecule has 186 valence electrons. The van der Waals surface area contributed by atoms with Crippen molar-refractivity contribution < 1.29 is 9.94 Å². The van der Waals surface area contributed by atoms with Crippen molar-refractivity contribution in [2.24, 2.45) is 19.3 Å². The van der Waals surface area contributed by atoms with E-state index in [1.807, 2.05) is 67.7 Å². The molecular formula is C29H25ClN4O3. The van der Waals surface area contributed by atoms with Crippen molar-refractivity contribution in [3.05, 3.63) is 123 Å². The molecule has 0 fully saturated rings. The molecule has 0 radical (unpaired) electrons. The molecule has 0 aliphatic heterocycles. The molecule has 0 saturated heterocycles. The van der Waals surface area contributed by atoms with Crippen LogP contribution in [0.3, 0.4) is 0 Å². The number of aryl methyl sites for hydroxylation is 2. The summed E-state index contributed by atoms with van der Waals surface area (Å²) in [6, 6.07) is 22.1. The van der Waals surface area contributed by atoms with E-state index < -0.39 is 5.60 Å². The first kappa shape index (κ1) is 24.5. The number of halogens is 1. The molecule has 0 aliphatic carbocycles. The van der Waals surface area contributed by atoms with E-state index in [9.17, 15) is 9.90 Å². The van der Waals surface area contributed by atoms with Crippen LogP contribution in [-0.4, -0.2) is 32.5 Å². The molecule has 1 N–H and O–H groups in total. The fourth-order valence-corrected chi connectivity index (χ4v) is 4.86. The lowest BCUT2D eigenvalue weighted by molar-refractivity contribution is 0.117. The van der Waals surface area contributed by atoms with Crippen LogP contribution in [0.4, 0.5) is 0 Å². The first-order valence-electron chi connectivity index (χ1n) is 11.6. The number of oxime groups is 1. The van der Waals surface area contributed by atoms with E-state index in [0.717, 1.165) is 27.6 Å². The summed E-state index contributed by atoms with van der Waals surface area (Å²) in [6.45, 7) is 0. The third-order valence-electron chi connectivity index (χ3n) is 6.62. The molecule has 0 spiro atoms. The van der Waals surface area contributed by atoms with Gasteiger partial charge in [0.15, 0.2) is 5.60 Å². The van der Waals surface area contributed by atoms with E-state index in [2.05, 4.69) is 10.1 Å². The number of aromatic nitrogens is 3. The molecule has 1 atom stereocenters. The van der Waals surface area contributed by atoms with E-state index in [1.54, 1.807) is 47.1 Å². The lowest BCUT2D eigenvalue weighted by Crippen LogP contribution is -2.31. The van der Waals surface area contributed by atoms with Crippen LogP contribution < -0.4 is 5.56 Å². The van der Waals surface area contributed by atoms with Gasteiger partial charge in [0.25, 0.3) is 5.56 Å². The van der Waals surface area contributed by atoms with Gasteiger partial charge in [-0.1, -0.05) is 59.2 Å². The molecular weight excluding hydrogens is 488 g/mol. The Morgan fingerprint density at radius 3 is 2.46 bits per heavy atom. The lowest BCUT2D eigenvalue weighted by atomic mass is 9.82. The first-order chi connectivity index (χ1) is 17.8. The van der Waals surface area contributed by atoms with Crippen molar-refractivity contribution in [3.63, 3.8) is 0 Å². The predicted molar refractivity (Wildman–Crippen MR) is 146 cm³/mol. The van der Waals surface area contributed by atoms with Crippen LogP contribution in [0.15, 0.2) is 95.3 Å². The smallest absolute Gasteiger partial charge is 0.251 e. The normalized spacial score (nSPS) is 13.2. The summed E-state index contributed by atoms with van der Waals surface area (Å²) in [5.41, 5.74) is 3.34. The number of imidazole rings is 1. The van der Waals surface area contributed by atoms with Crippen molar-refractivity contribution in [1.82, 2.24) is 14.1 Å². The van der Waals surface area contributed by atoms with Crippen molar-refractivity contribution in [2.75, 3.05) is 7.11 Å². The second-order valence-electron chi connectivity index (χ2n) is 8.84. The zero-order valence-corrected chi connectivity index (χ0v) is 21.3. The third kappa shape index (κ3) is 4.33. The van der Waals surface area contributed by atoms with Gasteiger partial charge in [0, 0.05) is 30.6 Å². The van der Waals surface area contributed by atoms with Gasteiger partial charge in [-0.05, 0) is 52.1 Å². The highest BCUT2D eigenvalue weighted by Crippen LogP contribution is 2.39. The molecule has 0 bridgehead atoms. The minimum Gasteiger partial charge on any atom is -0.399 e. The van der Waals surface area contributed by atoms with Crippen molar-refractivity contribution in [2.45, 2.75) is 5.60 Å². The summed E-state index contributed by atoms with van der Waals surface area (Å²) < 4.78 is 3.39. The van der Waals surface area contributed by atoms with E-state index in [0.29, 0.717) is 21.8 Å². The maximum absolute atomic E-state index is 12.8. The second kappa shape index (κ2) is 9.69. The topological polar surface area (TPSA) is 81.6 Å². The second-order valence-corrected chi connectivity index (χ2v) is 9.27. The van der Waals surface area contributed by atoms with E-state index in [-0.39, 0.29) is 5.56 Å². The summed E-state index contributed by atoms with van der Waals surface area (Å²) >= 11 is 6.28. The molecule has 2 heterocycles. The third-order valence-corrected chi connectivity index (χ3v) is 6.86. The quantitative estimate of drug-likeness (QED) is 0.260. The molecule has 0 aliphatic rings. The van der Waals surface area contributed by atoms with Gasteiger partial charge in [-0.25, -0.2) is 4.98 Å². The van der Waals surface area contributed by atoms with Gasteiger partial charge in [0.05, 0.1) is 29.9 Å². The van der Waals surface area contributed by atoms with Gasteiger partial charge in [-0.15, -0.1) is 0 Å². The van der Waals surface area contributed by atoms with E-state index >= 15 is 0 Å². The number of nitrogens with zero attached hydrogens (tertiary/aromatic N) is 4. The molecule has 3 aromatic carbocycles. The Labute approximate surface area is 218 Å². The van der Waals surface area contributed by atoms with Gasteiger partial charge in [0.1, 0.15) is 7.11 Å². The van der Waals surface area contributed by atoms with Crippen LogP contribution >= 0.6 is 11.6 Å². The highest BCUT2D eigenvalue weighted by atomic mass is 35.5. The number of fused-ring (bicyclic) bond motifs is 1. The number of benzene rings is 3. The molecule has 8 heteroatoms. The minimum atomic E-state index is -1.53. The molecule has 1 unspecified atom stereocenters. The Bertz CT molecular complexity index is 1690.